The van der Waals surface area contributed by atoms with Gasteiger partial charge >= 0.3 is 0 Å². The third kappa shape index (κ3) is 3.93. The average Bonchev–Trinajstić information content (AvgIpc) is 2.25. The van der Waals surface area contributed by atoms with Gasteiger partial charge in [0.05, 0.1) is 0 Å². The summed E-state index contributed by atoms with van der Waals surface area (Å²) in [6.07, 6.45) is 1.70. The van der Waals surface area contributed by atoms with Crippen molar-refractivity contribution >= 4 is 35.6 Å². The molecule has 0 radical (unpaired) electrons. The molecule has 1 fully saturated rings. The molecule has 1 saturated heterocycles. The fraction of sp³-hybridized carbons (Fsp3) is 0.600. The van der Waals surface area contributed by atoms with Crippen LogP contribution in [0.25, 0.3) is 0 Å². The monoisotopic (exact) mass is 296 g/mol. The second-order valence-electron chi connectivity index (χ2n) is 3.98. The number of hydrogen-bond acceptors (Lipinski definition) is 4. The highest BCUT2D eigenvalue weighted by Gasteiger charge is 2.19. The van der Waals surface area contributed by atoms with Crippen LogP contribution >= 0.6 is 35.6 Å². The summed E-state index contributed by atoms with van der Waals surface area (Å²) in [5, 5.41) is 3.99. The Bertz CT molecular complexity index is 375. The Morgan fingerprint density at radius 1 is 1.53 bits per heavy atom. The van der Waals surface area contributed by atoms with Gasteiger partial charge in [0.25, 0.3) is 0 Å². The number of halogens is 3. The molecular formula is C10H15Cl3N4. The van der Waals surface area contributed by atoms with Gasteiger partial charge in [-0.15, -0.1) is 12.4 Å². The minimum atomic E-state index is 0. The van der Waals surface area contributed by atoms with Gasteiger partial charge in [-0.3, -0.25) is 4.90 Å². The molecule has 1 aliphatic heterocycles. The molecule has 1 atom stereocenters. The second-order valence-corrected chi connectivity index (χ2v) is 4.67. The van der Waals surface area contributed by atoms with Gasteiger partial charge in [-0.05, 0) is 18.5 Å². The summed E-state index contributed by atoms with van der Waals surface area (Å²) in [6.45, 7) is 6.00. The first-order chi connectivity index (χ1) is 7.66. The molecule has 96 valence electrons. The highest BCUT2D eigenvalue weighted by molar-refractivity contribution is 6.32. The van der Waals surface area contributed by atoms with Crippen LogP contribution in [0.1, 0.15) is 12.5 Å². The zero-order chi connectivity index (χ0) is 11.5. The van der Waals surface area contributed by atoms with Gasteiger partial charge < -0.3 is 5.32 Å². The maximum absolute atomic E-state index is 6.02. The minimum Gasteiger partial charge on any atom is -0.314 e. The Morgan fingerprint density at radius 3 is 2.94 bits per heavy atom. The smallest absolute Gasteiger partial charge is 0.223 e. The fourth-order valence-electron chi connectivity index (χ4n) is 1.81. The molecule has 2 rings (SSSR count). The Balaban J connectivity index is 0.00000144. The molecule has 0 bridgehead atoms. The first kappa shape index (κ1) is 14.9. The molecule has 0 spiro atoms. The lowest BCUT2D eigenvalue weighted by Crippen LogP contribution is -2.49. The third-order valence-electron chi connectivity index (χ3n) is 2.79. The van der Waals surface area contributed by atoms with Gasteiger partial charge in [-0.1, -0.05) is 11.6 Å². The number of piperazine rings is 1. The van der Waals surface area contributed by atoms with Gasteiger partial charge in [0.15, 0.2) is 0 Å². The first-order valence-electron chi connectivity index (χ1n) is 5.28. The summed E-state index contributed by atoms with van der Waals surface area (Å²) >= 11 is 11.7. The van der Waals surface area contributed by atoms with E-state index in [1.165, 1.54) is 0 Å². The van der Waals surface area contributed by atoms with E-state index in [2.05, 4.69) is 27.1 Å². The third-order valence-corrected chi connectivity index (χ3v) is 3.30. The van der Waals surface area contributed by atoms with Crippen LogP contribution in [0.2, 0.25) is 10.4 Å². The van der Waals surface area contributed by atoms with Crippen molar-refractivity contribution in [3.8, 4) is 0 Å². The number of hydrogen-bond donors (Lipinski definition) is 1. The maximum Gasteiger partial charge on any atom is 0.223 e. The van der Waals surface area contributed by atoms with Gasteiger partial charge in [-0.25, -0.2) is 9.97 Å². The van der Waals surface area contributed by atoms with E-state index in [0.29, 0.717) is 11.2 Å². The average molecular weight is 298 g/mol. The van der Waals surface area contributed by atoms with Gasteiger partial charge in [0.1, 0.15) is 5.15 Å². The maximum atomic E-state index is 6.02. The van der Waals surface area contributed by atoms with Crippen molar-refractivity contribution in [2.75, 3.05) is 19.6 Å². The molecule has 0 aromatic carbocycles. The predicted octanol–water partition coefficient (Wildman–Crippen LogP) is 2.00. The summed E-state index contributed by atoms with van der Waals surface area (Å²) in [4.78, 5) is 10.3. The van der Waals surface area contributed by atoms with Crippen molar-refractivity contribution in [1.29, 1.82) is 0 Å². The Morgan fingerprint density at radius 2 is 2.29 bits per heavy atom. The lowest BCUT2D eigenvalue weighted by Gasteiger charge is -2.33. The van der Waals surface area contributed by atoms with Crippen LogP contribution in [0.15, 0.2) is 6.20 Å². The number of nitrogens with zero attached hydrogens (tertiary/aromatic N) is 3. The standard InChI is InChI=1S/C10H14Cl2N4.ClH/c1-7-4-13-2-3-16(7)6-8-5-14-10(12)15-9(8)11;/h5,7,13H,2-4,6H2,1H3;1H. The van der Waals surface area contributed by atoms with Crippen molar-refractivity contribution < 1.29 is 0 Å². The zero-order valence-electron chi connectivity index (χ0n) is 9.49. The van der Waals surface area contributed by atoms with E-state index >= 15 is 0 Å². The molecule has 0 saturated carbocycles. The van der Waals surface area contributed by atoms with Crippen LogP contribution in [-0.4, -0.2) is 40.5 Å². The summed E-state index contributed by atoms with van der Waals surface area (Å²) in [6, 6.07) is 0.500. The van der Waals surface area contributed by atoms with Crippen molar-refractivity contribution in [3.63, 3.8) is 0 Å². The highest BCUT2D eigenvalue weighted by atomic mass is 35.5. The highest BCUT2D eigenvalue weighted by Crippen LogP contribution is 2.17. The Labute approximate surface area is 117 Å². The molecule has 17 heavy (non-hydrogen) atoms. The first-order valence-corrected chi connectivity index (χ1v) is 6.04. The molecule has 2 heterocycles. The number of nitrogens with one attached hydrogen (secondary N) is 1. The molecule has 1 unspecified atom stereocenters. The molecule has 1 aliphatic rings. The fourth-order valence-corrected chi connectivity index (χ4v) is 2.17. The van der Waals surface area contributed by atoms with E-state index in [9.17, 15) is 0 Å². The predicted molar refractivity (Wildman–Crippen MR) is 72.0 cm³/mol. The zero-order valence-corrected chi connectivity index (χ0v) is 11.8. The van der Waals surface area contributed by atoms with Crippen LogP contribution in [-0.2, 0) is 6.54 Å². The van der Waals surface area contributed by atoms with Crippen LogP contribution < -0.4 is 5.32 Å². The lowest BCUT2D eigenvalue weighted by molar-refractivity contribution is 0.165. The molecule has 7 heteroatoms. The molecular weight excluding hydrogens is 282 g/mol. The van der Waals surface area contributed by atoms with Crippen molar-refractivity contribution in [2.24, 2.45) is 0 Å². The number of aromatic nitrogens is 2. The normalized spacial score (nSPS) is 21.0. The molecule has 1 aromatic rings. The van der Waals surface area contributed by atoms with Gasteiger partial charge in [-0.2, -0.15) is 0 Å². The van der Waals surface area contributed by atoms with E-state index in [1.54, 1.807) is 6.20 Å². The van der Waals surface area contributed by atoms with Crippen LogP contribution in [0.5, 0.6) is 0 Å². The molecule has 1 N–H and O–H groups in total. The minimum absolute atomic E-state index is 0. The molecule has 1 aromatic heterocycles. The summed E-state index contributed by atoms with van der Waals surface area (Å²) < 4.78 is 0. The molecule has 0 aliphatic carbocycles. The number of rotatable bonds is 2. The summed E-state index contributed by atoms with van der Waals surface area (Å²) in [5.41, 5.74) is 0.930. The lowest BCUT2D eigenvalue weighted by atomic mass is 10.2. The van der Waals surface area contributed by atoms with E-state index in [4.69, 9.17) is 23.2 Å². The van der Waals surface area contributed by atoms with E-state index in [1.807, 2.05) is 0 Å². The van der Waals surface area contributed by atoms with Crippen LogP contribution in [0.4, 0.5) is 0 Å². The Hall–Kier alpha value is -0.130. The SMILES string of the molecule is CC1CNCCN1Cc1cnc(Cl)nc1Cl.Cl. The summed E-state index contributed by atoms with van der Waals surface area (Å²) in [5.74, 6) is 0. The van der Waals surface area contributed by atoms with Gasteiger partial charge in [0, 0.05) is 44.0 Å². The van der Waals surface area contributed by atoms with Crippen molar-refractivity contribution in [3.05, 3.63) is 22.2 Å². The van der Waals surface area contributed by atoms with Crippen LogP contribution in [0, 0.1) is 0 Å². The van der Waals surface area contributed by atoms with Gasteiger partial charge in [0.2, 0.25) is 5.28 Å². The largest absolute Gasteiger partial charge is 0.314 e. The molecule has 0 amide bonds. The molecule has 4 nitrogen and oxygen atoms in total. The van der Waals surface area contributed by atoms with Crippen molar-refractivity contribution in [1.82, 2.24) is 20.2 Å². The van der Waals surface area contributed by atoms with Crippen molar-refractivity contribution in [2.45, 2.75) is 19.5 Å². The van der Waals surface area contributed by atoms with E-state index in [-0.39, 0.29) is 17.7 Å². The topological polar surface area (TPSA) is 41.0 Å². The Kier molecular flexibility index (Phi) is 5.89. The quantitative estimate of drug-likeness (QED) is 0.670. The van der Waals surface area contributed by atoms with Crippen LogP contribution in [0.3, 0.4) is 0 Å². The van der Waals surface area contributed by atoms with E-state index in [0.717, 1.165) is 31.7 Å². The summed E-state index contributed by atoms with van der Waals surface area (Å²) in [7, 11) is 0. The van der Waals surface area contributed by atoms with E-state index < -0.39 is 0 Å². The second kappa shape index (κ2) is 6.71.